The minimum absolute atomic E-state index is 0.513. The lowest BCUT2D eigenvalue weighted by Gasteiger charge is -1.69. The van der Waals surface area contributed by atoms with E-state index in [0.29, 0.717) is 9.12 Å². The second kappa shape index (κ2) is 6.54. The highest BCUT2D eigenvalue weighted by Gasteiger charge is 2.06. The van der Waals surface area contributed by atoms with Gasteiger partial charge in [0.25, 0.3) is 0 Å². The molecule has 1 rings (SSSR count). The first kappa shape index (κ1) is 9.42. The topological polar surface area (TPSA) is 0 Å². The molecule has 0 nitrogen and oxygen atoms in total. The van der Waals surface area contributed by atoms with Crippen LogP contribution in [-0.2, 0) is 0 Å². The Morgan fingerprint density at radius 1 is 0.900 bits per heavy atom. The Bertz CT molecular complexity index is 117. The maximum absolute atomic E-state index is 9.67. The number of halogens is 3. The summed E-state index contributed by atoms with van der Waals surface area (Å²) >= 11 is 0. The van der Waals surface area contributed by atoms with Crippen molar-refractivity contribution in [2.45, 2.75) is 0 Å². The first-order valence-electron chi connectivity index (χ1n) is 2.65. The SMILES string of the molecule is FB(F)F.c1cc[siH]cc1. The lowest BCUT2D eigenvalue weighted by atomic mass is 10.5. The molecular weight excluding hydrogens is 156 g/mol. The summed E-state index contributed by atoms with van der Waals surface area (Å²) in [4.78, 5) is 0. The molecule has 0 amide bonds. The average Bonchev–Trinajstić information content (AvgIpc) is 1.90. The zero-order valence-corrected chi connectivity index (χ0v) is 6.33. The summed E-state index contributed by atoms with van der Waals surface area (Å²) in [6, 6.07) is 6.24. The van der Waals surface area contributed by atoms with E-state index < -0.39 is 7.54 Å². The van der Waals surface area contributed by atoms with Gasteiger partial charge in [0.15, 0.2) is 0 Å². The highest BCUT2D eigenvalue weighted by Crippen LogP contribution is 1.80. The summed E-state index contributed by atoms with van der Waals surface area (Å²) in [6.45, 7) is 0. The molecule has 0 saturated heterocycles. The molecule has 0 aliphatic carbocycles. The maximum atomic E-state index is 9.67. The van der Waals surface area contributed by atoms with Crippen molar-refractivity contribution < 1.29 is 12.9 Å². The highest BCUT2D eigenvalue weighted by atomic mass is 28.2. The van der Waals surface area contributed by atoms with Crippen LogP contribution in [-0.4, -0.2) is 16.7 Å². The standard InChI is InChI=1S/C5H6Si.BF3/c1-2-4-6-5-3-1;2-1(3)4/h1-6H;. The normalized spacial score (nSPS) is 7.50. The molecule has 0 aromatic carbocycles. The zero-order chi connectivity index (χ0) is 7.82. The van der Waals surface area contributed by atoms with Gasteiger partial charge in [-0.3, -0.25) is 12.9 Å². The molecule has 0 aliphatic rings. The van der Waals surface area contributed by atoms with Gasteiger partial charge in [0.2, 0.25) is 0 Å². The van der Waals surface area contributed by atoms with Crippen molar-refractivity contribution in [2.24, 2.45) is 0 Å². The molecule has 0 aliphatic heterocycles. The molecule has 1 aromatic rings. The summed E-state index contributed by atoms with van der Waals surface area (Å²) in [5.41, 5.74) is 4.42. The Labute approximate surface area is 60.0 Å². The first-order valence-corrected chi connectivity index (χ1v) is 3.99. The van der Waals surface area contributed by atoms with Crippen LogP contribution in [0.2, 0.25) is 0 Å². The van der Waals surface area contributed by atoms with Crippen LogP contribution in [0.3, 0.4) is 0 Å². The second-order valence-electron chi connectivity index (χ2n) is 1.40. The minimum atomic E-state index is -3.67. The van der Waals surface area contributed by atoms with Gasteiger partial charge in [-0.25, -0.2) is 0 Å². The number of hydrogen-bond donors (Lipinski definition) is 0. The van der Waals surface area contributed by atoms with E-state index in [9.17, 15) is 12.9 Å². The fourth-order valence-corrected chi connectivity index (χ4v) is 1.03. The van der Waals surface area contributed by atoms with Gasteiger partial charge in [-0.1, -0.05) is 29.6 Å². The molecule has 10 heavy (non-hydrogen) atoms. The van der Waals surface area contributed by atoms with E-state index in [1.807, 2.05) is 0 Å². The van der Waals surface area contributed by atoms with Crippen LogP contribution < -0.4 is 0 Å². The fourth-order valence-electron chi connectivity index (χ4n) is 0.385. The first-order chi connectivity index (χ1) is 4.73. The van der Waals surface area contributed by atoms with Crippen LogP contribution in [0, 0.1) is 0 Å². The van der Waals surface area contributed by atoms with Gasteiger partial charge >= 0.3 is 7.54 Å². The fraction of sp³-hybridized carbons (Fsp3) is 0. The molecule has 54 valence electrons. The van der Waals surface area contributed by atoms with Crippen molar-refractivity contribution in [2.75, 3.05) is 0 Å². The minimum Gasteiger partial charge on any atom is -0.254 e. The van der Waals surface area contributed by atoms with Crippen LogP contribution >= 0.6 is 0 Å². The summed E-state index contributed by atoms with van der Waals surface area (Å²) in [6.07, 6.45) is 0. The molecule has 5 heteroatoms. The largest absolute Gasteiger partial charge is 0.762 e. The van der Waals surface area contributed by atoms with Crippen LogP contribution in [0.1, 0.15) is 0 Å². The van der Waals surface area contributed by atoms with Crippen molar-refractivity contribution in [1.82, 2.24) is 0 Å². The Morgan fingerprint density at radius 2 is 1.30 bits per heavy atom. The number of hydrogen-bond acceptors (Lipinski definition) is 0. The van der Waals surface area contributed by atoms with Crippen LogP contribution in [0.4, 0.5) is 12.9 Å². The molecule has 0 N–H and O–H groups in total. The lowest BCUT2D eigenvalue weighted by molar-refractivity contribution is 0.535. The Morgan fingerprint density at radius 3 is 1.40 bits per heavy atom. The average molecular weight is 162 g/mol. The summed E-state index contributed by atoms with van der Waals surface area (Å²) < 4.78 is 29.0. The van der Waals surface area contributed by atoms with Crippen LogP contribution in [0.15, 0.2) is 29.6 Å². The second-order valence-corrected chi connectivity index (χ2v) is 2.56. The summed E-state index contributed by atoms with van der Waals surface area (Å²) in [5, 5.41) is 0. The predicted octanol–water partition coefficient (Wildman–Crippen LogP) is 1.64. The maximum Gasteiger partial charge on any atom is 0.762 e. The Balaban J connectivity index is 0.000000180. The van der Waals surface area contributed by atoms with Crippen molar-refractivity contribution in [3.8, 4) is 0 Å². The zero-order valence-electron chi connectivity index (χ0n) is 5.18. The molecule has 0 fully saturated rings. The third-order valence-corrected chi connectivity index (χ3v) is 1.56. The third-order valence-electron chi connectivity index (χ3n) is 0.667. The van der Waals surface area contributed by atoms with Gasteiger partial charge in [-0.15, -0.1) is 0 Å². The van der Waals surface area contributed by atoms with Crippen molar-refractivity contribution in [3.63, 3.8) is 0 Å². The number of rotatable bonds is 0. The molecular formula is C5H6BF3Si. The van der Waals surface area contributed by atoms with Crippen molar-refractivity contribution in [3.05, 3.63) is 29.6 Å². The van der Waals surface area contributed by atoms with Crippen LogP contribution in [0.25, 0.3) is 0 Å². The quantitative estimate of drug-likeness (QED) is 0.508. The molecule has 0 bridgehead atoms. The van der Waals surface area contributed by atoms with E-state index in [1.54, 1.807) is 0 Å². The van der Waals surface area contributed by atoms with E-state index in [2.05, 4.69) is 29.6 Å². The van der Waals surface area contributed by atoms with Crippen molar-refractivity contribution >= 4 is 16.7 Å². The van der Waals surface area contributed by atoms with E-state index in [4.69, 9.17) is 0 Å². The molecule has 0 unspecified atom stereocenters. The van der Waals surface area contributed by atoms with E-state index in [0.717, 1.165) is 0 Å². The molecule has 0 spiro atoms. The molecule has 0 atom stereocenters. The highest BCUT2D eigenvalue weighted by molar-refractivity contribution is 6.33. The lowest BCUT2D eigenvalue weighted by Crippen LogP contribution is -1.76. The molecule has 0 saturated carbocycles. The van der Waals surface area contributed by atoms with E-state index in [1.165, 1.54) is 0 Å². The van der Waals surface area contributed by atoms with Gasteiger partial charge in [0.1, 0.15) is 0 Å². The van der Waals surface area contributed by atoms with Gasteiger partial charge in [0.05, 0.1) is 0 Å². The molecule has 1 heterocycles. The predicted molar refractivity (Wildman–Crippen MR) is 38.3 cm³/mol. The van der Waals surface area contributed by atoms with Gasteiger partial charge in [-0.05, 0) is 0 Å². The third kappa shape index (κ3) is 10.4. The smallest absolute Gasteiger partial charge is 0.254 e. The van der Waals surface area contributed by atoms with E-state index in [-0.39, 0.29) is 0 Å². The van der Waals surface area contributed by atoms with Gasteiger partial charge < -0.3 is 0 Å². The Kier molecular flexibility index (Phi) is 6.16. The van der Waals surface area contributed by atoms with E-state index >= 15 is 0 Å². The molecule has 0 radical (unpaired) electrons. The van der Waals surface area contributed by atoms with Gasteiger partial charge in [-0.2, -0.15) is 0 Å². The van der Waals surface area contributed by atoms with Crippen LogP contribution in [0.5, 0.6) is 0 Å². The molecule has 1 aromatic heterocycles. The summed E-state index contributed by atoms with van der Waals surface area (Å²) in [7, 11) is -3.15. The Hall–Kier alpha value is -0.578. The van der Waals surface area contributed by atoms with Gasteiger partial charge in [0, 0.05) is 9.12 Å². The van der Waals surface area contributed by atoms with Crippen molar-refractivity contribution in [1.29, 1.82) is 0 Å². The summed E-state index contributed by atoms with van der Waals surface area (Å²) in [5.74, 6) is 0. The monoisotopic (exact) mass is 162 g/mol.